The first-order valence-corrected chi connectivity index (χ1v) is 9.58. The average Bonchev–Trinajstić information content (AvgIpc) is 2.68. The normalized spacial score (nSPS) is 10.6. The van der Waals surface area contributed by atoms with Gasteiger partial charge in [0, 0.05) is 15.7 Å². The van der Waals surface area contributed by atoms with Crippen LogP contribution < -0.4 is 15.5 Å². The van der Waals surface area contributed by atoms with Crippen LogP contribution in [0.1, 0.15) is 11.1 Å². The molecular weight excluding hydrogens is 413 g/mol. The molecule has 0 aliphatic rings. The zero-order chi connectivity index (χ0) is 19.8. The Labute approximate surface area is 179 Å². The van der Waals surface area contributed by atoms with Crippen LogP contribution in [0.4, 0.5) is 5.69 Å². The Kier molecular flexibility index (Phi) is 7.25. The summed E-state index contributed by atoms with van der Waals surface area (Å²) >= 11 is 17.0. The van der Waals surface area contributed by atoms with Gasteiger partial charge in [0.15, 0.2) is 5.11 Å². The van der Waals surface area contributed by atoms with Crippen molar-refractivity contribution < 1.29 is 4.74 Å². The number of benzene rings is 3. The van der Waals surface area contributed by atoms with Crippen molar-refractivity contribution in [1.82, 2.24) is 5.43 Å². The number of rotatable bonds is 6. The molecule has 0 radical (unpaired) electrons. The van der Waals surface area contributed by atoms with Gasteiger partial charge in [-0.3, -0.25) is 5.43 Å². The zero-order valence-corrected chi connectivity index (χ0v) is 17.1. The van der Waals surface area contributed by atoms with Crippen LogP contribution in [-0.4, -0.2) is 11.3 Å². The SMILES string of the molecule is S=C(NN=Cc1ccc(OCc2ccc(Cl)cc2)cc1)Nc1cccc(Cl)c1. The summed E-state index contributed by atoms with van der Waals surface area (Å²) in [5.41, 5.74) is 5.53. The Hall–Kier alpha value is -2.60. The van der Waals surface area contributed by atoms with Crippen LogP contribution in [-0.2, 0) is 6.61 Å². The summed E-state index contributed by atoms with van der Waals surface area (Å²) in [6.07, 6.45) is 1.68. The van der Waals surface area contributed by atoms with Crippen molar-refractivity contribution in [2.24, 2.45) is 5.10 Å². The van der Waals surface area contributed by atoms with E-state index in [1.807, 2.05) is 60.7 Å². The van der Waals surface area contributed by atoms with Crippen molar-refractivity contribution >= 4 is 52.4 Å². The predicted octanol–water partition coefficient (Wildman–Crippen LogP) is 5.89. The molecule has 7 heteroatoms. The fraction of sp³-hybridized carbons (Fsp3) is 0.0476. The lowest BCUT2D eigenvalue weighted by molar-refractivity contribution is 0.306. The van der Waals surface area contributed by atoms with E-state index >= 15 is 0 Å². The van der Waals surface area contributed by atoms with E-state index < -0.39 is 0 Å². The minimum Gasteiger partial charge on any atom is -0.489 e. The monoisotopic (exact) mass is 429 g/mol. The summed E-state index contributed by atoms with van der Waals surface area (Å²) in [6.45, 7) is 0.482. The first-order valence-electron chi connectivity index (χ1n) is 8.41. The predicted molar refractivity (Wildman–Crippen MR) is 121 cm³/mol. The van der Waals surface area contributed by atoms with Gasteiger partial charge < -0.3 is 10.1 Å². The maximum atomic E-state index is 5.94. The van der Waals surface area contributed by atoms with Gasteiger partial charge in [-0.15, -0.1) is 0 Å². The summed E-state index contributed by atoms with van der Waals surface area (Å²) in [6, 6.07) is 22.5. The number of anilines is 1. The minimum atomic E-state index is 0.376. The Morgan fingerprint density at radius 1 is 0.964 bits per heavy atom. The van der Waals surface area contributed by atoms with E-state index in [9.17, 15) is 0 Å². The topological polar surface area (TPSA) is 45.7 Å². The van der Waals surface area contributed by atoms with Gasteiger partial charge in [0.05, 0.1) is 6.21 Å². The summed E-state index contributed by atoms with van der Waals surface area (Å²) in [7, 11) is 0. The van der Waals surface area contributed by atoms with Gasteiger partial charge in [0.25, 0.3) is 0 Å². The summed E-state index contributed by atoms with van der Waals surface area (Å²) in [5, 5.41) is 8.86. The van der Waals surface area contributed by atoms with Crippen molar-refractivity contribution in [1.29, 1.82) is 0 Å². The molecule has 0 fully saturated rings. The zero-order valence-electron chi connectivity index (χ0n) is 14.7. The lowest BCUT2D eigenvalue weighted by atomic mass is 10.2. The molecule has 0 aliphatic heterocycles. The second-order valence-electron chi connectivity index (χ2n) is 5.82. The first kappa shape index (κ1) is 20.1. The molecule has 3 aromatic carbocycles. The van der Waals surface area contributed by atoms with Gasteiger partial charge in [0.1, 0.15) is 12.4 Å². The molecule has 0 saturated carbocycles. The Bertz CT molecular complexity index is 960. The van der Waals surface area contributed by atoms with Gasteiger partial charge in [-0.25, -0.2) is 0 Å². The van der Waals surface area contributed by atoms with Crippen molar-refractivity contribution in [2.75, 3.05) is 5.32 Å². The number of nitrogens with zero attached hydrogens (tertiary/aromatic N) is 1. The number of halogens is 2. The van der Waals surface area contributed by atoms with Crippen LogP contribution in [0, 0.1) is 0 Å². The molecule has 0 aliphatic carbocycles. The number of hydrazone groups is 1. The standard InChI is InChI=1S/C21H17Cl2N3OS/c22-17-8-4-16(5-9-17)14-27-20-10-6-15(7-11-20)13-24-26-21(28)25-19-3-1-2-18(23)12-19/h1-13H,14H2,(H2,25,26,28). The van der Waals surface area contributed by atoms with Crippen molar-refractivity contribution in [3.05, 3.63) is 94.0 Å². The van der Waals surface area contributed by atoms with E-state index in [4.69, 9.17) is 40.2 Å². The van der Waals surface area contributed by atoms with Crippen molar-refractivity contribution in [3.63, 3.8) is 0 Å². The van der Waals surface area contributed by atoms with Crippen molar-refractivity contribution in [3.8, 4) is 5.75 Å². The largest absolute Gasteiger partial charge is 0.489 e. The molecule has 3 aromatic rings. The van der Waals surface area contributed by atoms with Gasteiger partial charge in [-0.05, 0) is 77.9 Å². The smallest absolute Gasteiger partial charge is 0.191 e. The molecule has 142 valence electrons. The van der Waals surface area contributed by atoms with E-state index in [0.717, 1.165) is 22.6 Å². The van der Waals surface area contributed by atoms with E-state index in [1.165, 1.54) is 0 Å². The third-order valence-electron chi connectivity index (χ3n) is 3.66. The number of thiocarbonyl (C=S) groups is 1. The summed E-state index contributed by atoms with van der Waals surface area (Å²) in [5.74, 6) is 0.776. The molecule has 0 heterocycles. The molecule has 4 nitrogen and oxygen atoms in total. The van der Waals surface area contributed by atoms with E-state index in [-0.39, 0.29) is 0 Å². The maximum absolute atomic E-state index is 5.94. The number of ether oxygens (including phenoxy) is 1. The molecule has 28 heavy (non-hydrogen) atoms. The fourth-order valence-corrected chi connectivity index (χ4v) is 2.77. The molecular formula is C21H17Cl2N3OS. The molecule has 0 unspecified atom stereocenters. The molecule has 3 rings (SSSR count). The fourth-order valence-electron chi connectivity index (χ4n) is 2.29. The van der Waals surface area contributed by atoms with Crippen LogP contribution in [0.2, 0.25) is 10.0 Å². The highest BCUT2D eigenvalue weighted by Gasteiger charge is 1.98. The Morgan fingerprint density at radius 2 is 1.71 bits per heavy atom. The van der Waals surface area contributed by atoms with Crippen molar-refractivity contribution in [2.45, 2.75) is 6.61 Å². The van der Waals surface area contributed by atoms with Crippen LogP contribution in [0.15, 0.2) is 77.9 Å². The highest BCUT2D eigenvalue weighted by atomic mass is 35.5. The molecule has 2 N–H and O–H groups in total. The van der Waals surface area contributed by atoms with Gasteiger partial charge in [-0.2, -0.15) is 5.10 Å². The highest BCUT2D eigenvalue weighted by Crippen LogP contribution is 2.16. The number of hydrogen-bond donors (Lipinski definition) is 2. The third kappa shape index (κ3) is 6.53. The lowest BCUT2D eigenvalue weighted by Crippen LogP contribution is -2.23. The third-order valence-corrected chi connectivity index (χ3v) is 4.34. The second kappa shape index (κ2) is 10.1. The molecule has 0 atom stereocenters. The highest BCUT2D eigenvalue weighted by molar-refractivity contribution is 7.80. The molecule has 0 bridgehead atoms. The van der Waals surface area contributed by atoms with Gasteiger partial charge in [-0.1, -0.05) is 41.4 Å². The average molecular weight is 430 g/mol. The Morgan fingerprint density at radius 3 is 2.43 bits per heavy atom. The quantitative estimate of drug-likeness (QED) is 0.291. The minimum absolute atomic E-state index is 0.376. The molecule has 0 aromatic heterocycles. The second-order valence-corrected chi connectivity index (χ2v) is 7.10. The Balaban J connectivity index is 1.46. The van der Waals surface area contributed by atoms with Crippen LogP contribution in [0.3, 0.4) is 0 Å². The maximum Gasteiger partial charge on any atom is 0.191 e. The molecule has 0 amide bonds. The van der Waals surface area contributed by atoms with Gasteiger partial charge >= 0.3 is 0 Å². The van der Waals surface area contributed by atoms with Crippen LogP contribution >= 0.6 is 35.4 Å². The van der Waals surface area contributed by atoms with E-state index in [0.29, 0.717) is 21.8 Å². The van der Waals surface area contributed by atoms with Crippen LogP contribution in [0.25, 0.3) is 0 Å². The molecule has 0 saturated heterocycles. The van der Waals surface area contributed by atoms with Gasteiger partial charge in [0.2, 0.25) is 0 Å². The van der Waals surface area contributed by atoms with E-state index in [1.54, 1.807) is 18.3 Å². The van der Waals surface area contributed by atoms with Crippen LogP contribution in [0.5, 0.6) is 5.75 Å². The number of nitrogens with one attached hydrogen (secondary N) is 2. The van der Waals surface area contributed by atoms with E-state index in [2.05, 4.69) is 15.8 Å². The molecule has 0 spiro atoms. The summed E-state index contributed by atoms with van der Waals surface area (Å²) in [4.78, 5) is 0. The lowest BCUT2D eigenvalue weighted by Gasteiger charge is -2.07. The number of hydrogen-bond acceptors (Lipinski definition) is 3. The first-order chi connectivity index (χ1) is 13.6. The summed E-state index contributed by atoms with van der Waals surface area (Å²) < 4.78 is 5.76.